The van der Waals surface area contributed by atoms with Crippen molar-refractivity contribution in [3.63, 3.8) is 0 Å². The molecule has 0 aliphatic heterocycles. The number of terminal acetylenes is 1. The first kappa shape index (κ1) is 15.7. The molecule has 1 N–H and O–H groups in total. The van der Waals surface area contributed by atoms with E-state index in [1.807, 2.05) is 25.2 Å². The van der Waals surface area contributed by atoms with Crippen LogP contribution in [0.2, 0.25) is 0 Å². The molecular weight excluding hydrogens is 206 g/mol. The minimum absolute atomic E-state index is 0.151. The molecule has 0 aromatic carbocycles. The van der Waals surface area contributed by atoms with Gasteiger partial charge in [0, 0.05) is 12.1 Å². The lowest BCUT2D eigenvalue weighted by molar-refractivity contribution is 0.402. The molecule has 0 radical (unpaired) electrons. The van der Waals surface area contributed by atoms with Gasteiger partial charge in [0.15, 0.2) is 0 Å². The molecule has 0 saturated carbocycles. The van der Waals surface area contributed by atoms with E-state index < -0.39 is 0 Å². The Labute approximate surface area is 107 Å². The summed E-state index contributed by atoms with van der Waals surface area (Å²) in [5.74, 6) is 3.00. The molecule has 1 atom stereocenters. The van der Waals surface area contributed by atoms with Crippen LogP contribution in [0.15, 0.2) is 36.0 Å². The van der Waals surface area contributed by atoms with Crippen molar-refractivity contribution in [2.24, 2.45) is 5.92 Å². The molecule has 0 saturated heterocycles. The lowest BCUT2D eigenvalue weighted by Crippen LogP contribution is -2.38. The lowest BCUT2D eigenvalue weighted by atomic mass is 10.00. The number of hydrogen-bond acceptors (Lipinski definition) is 1. The molecule has 94 valence electrons. The fourth-order valence-electron chi connectivity index (χ4n) is 1.12. The van der Waals surface area contributed by atoms with Crippen molar-refractivity contribution in [3.05, 3.63) is 36.0 Å². The van der Waals surface area contributed by atoms with Crippen LogP contribution in [0, 0.1) is 18.3 Å². The fourth-order valence-corrected chi connectivity index (χ4v) is 1.12. The van der Waals surface area contributed by atoms with Gasteiger partial charge in [0.2, 0.25) is 0 Å². The summed E-state index contributed by atoms with van der Waals surface area (Å²) in [4.78, 5) is 0. The molecule has 1 heteroatoms. The highest BCUT2D eigenvalue weighted by atomic mass is 14.9. The van der Waals surface area contributed by atoms with E-state index in [1.165, 1.54) is 0 Å². The van der Waals surface area contributed by atoms with Crippen LogP contribution in [0.5, 0.6) is 0 Å². The van der Waals surface area contributed by atoms with Gasteiger partial charge in [-0.05, 0) is 39.2 Å². The van der Waals surface area contributed by atoms with Crippen molar-refractivity contribution in [1.29, 1.82) is 0 Å². The van der Waals surface area contributed by atoms with Gasteiger partial charge in [0.1, 0.15) is 0 Å². The Balaban J connectivity index is 4.21. The van der Waals surface area contributed by atoms with Gasteiger partial charge < -0.3 is 5.32 Å². The molecule has 0 rings (SSSR count). The predicted octanol–water partition coefficient (Wildman–Crippen LogP) is 3.70. The third-order valence-electron chi connectivity index (χ3n) is 2.46. The van der Waals surface area contributed by atoms with E-state index in [-0.39, 0.29) is 5.54 Å². The first-order chi connectivity index (χ1) is 7.76. The average Bonchev–Trinajstić information content (AvgIpc) is 2.24. The Morgan fingerprint density at radius 1 is 1.47 bits per heavy atom. The Kier molecular flexibility index (Phi) is 6.61. The smallest absolute Gasteiger partial charge is 0.00967 e. The maximum atomic E-state index is 5.26. The zero-order valence-corrected chi connectivity index (χ0v) is 11.8. The largest absolute Gasteiger partial charge is 0.311 e. The fraction of sp³-hybridized carbons (Fsp3) is 0.500. The first-order valence-electron chi connectivity index (χ1n) is 6.01. The zero-order valence-electron chi connectivity index (χ0n) is 11.8. The Bertz CT molecular complexity index is 345. The van der Waals surface area contributed by atoms with Crippen LogP contribution in [0.1, 0.15) is 34.6 Å². The van der Waals surface area contributed by atoms with Crippen LogP contribution in [-0.2, 0) is 0 Å². The van der Waals surface area contributed by atoms with Gasteiger partial charge in [-0.25, -0.2) is 0 Å². The Morgan fingerprint density at radius 2 is 2.06 bits per heavy atom. The summed E-state index contributed by atoms with van der Waals surface area (Å²) >= 11 is 0. The van der Waals surface area contributed by atoms with Crippen molar-refractivity contribution in [1.82, 2.24) is 5.32 Å². The maximum Gasteiger partial charge on any atom is 0.00967 e. The molecule has 0 fully saturated rings. The second-order valence-corrected chi connectivity index (χ2v) is 5.46. The average molecular weight is 231 g/mol. The summed E-state index contributed by atoms with van der Waals surface area (Å²) in [6.45, 7) is 15.6. The summed E-state index contributed by atoms with van der Waals surface area (Å²) in [6.07, 6.45) is 11.2. The molecule has 1 nitrogen and oxygen atoms in total. The number of rotatable bonds is 5. The van der Waals surface area contributed by atoms with Gasteiger partial charge in [-0.2, -0.15) is 0 Å². The minimum atomic E-state index is 0.151. The SMILES string of the molecule is C#C/C(C)=C/C=C\C(=C)C(C)CNC(C)(C)C. The van der Waals surface area contributed by atoms with Crippen LogP contribution in [0.3, 0.4) is 0 Å². The molecule has 0 heterocycles. The van der Waals surface area contributed by atoms with Crippen LogP contribution in [-0.4, -0.2) is 12.1 Å². The van der Waals surface area contributed by atoms with E-state index in [4.69, 9.17) is 6.42 Å². The number of hydrogen-bond donors (Lipinski definition) is 1. The summed E-state index contributed by atoms with van der Waals surface area (Å²) in [6, 6.07) is 0. The second kappa shape index (κ2) is 7.14. The highest BCUT2D eigenvalue weighted by molar-refractivity contribution is 5.30. The first-order valence-corrected chi connectivity index (χ1v) is 6.01. The minimum Gasteiger partial charge on any atom is -0.311 e. The molecule has 0 aliphatic carbocycles. The molecule has 0 aromatic heterocycles. The molecule has 17 heavy (non-hydrogen) atoms. The third-order valence-corrected chi connectivity index (χ3v) is 2.46. The monoisotopic (exact) mass is 231 g/mol. The van der Waals surface area contributed by atoms with Gasteiger partial charge in [-0.3, -0.25) is 0 Å². The molecular formula is C16H25N. The predicted molar refractivity (Wildman–Crippen MR) is 77.8 cm³/mol. The van der Waals surface area contributed by atoms with Gasteiger partial charge in [0.05, 0.1) is 0 Å². The van der Waals surface area contributed by atoms with Gasteiger partial charge in [0.25, 0.3) is 0 Å². The van der Waals surface area contributed by atoms with E-state index in [0.717, 1.165) is 17.7 Å². The molecule has 0 spiro atoms. The van der Waals surface area contributed by atoms with Crippen molar-refractivity contribution < 1.29 is 0 Å². The Hall–Kier alpha value is -1.26. The normalized spacial score (nSPS) is 14.7. The van der Waals surface area contributed by atoms with E-state index in [9.17, 15) is 0 Å². The van der Waals surface area contributed by atoms with E-state index >= 15 is 0 Å². The van der Waals surface area contributed by atoms with E-state index in [1.54, 1.807) is 0 Å². The van der Waals surface area contributed by atoms with Crippen LogP contribution in [0.4, 0.5) is 0 Å². The third kappa shape index (κ3) is 8.54. The summed E-state index contributed by atoms with van der Waals surface area (Å²) < 4.78 is 0. The molecule has 1 unspecified atom stereocenters. The summed E-state index contributed by atoms with van der Waals surface area (Å²) in [7, 11) is 0. The van der Waals surface area contributed by atoms with Crippen LogP contribution >= 0.6 is 0 Å². The van der Waals surface area contributed by atoms with Crippen molar-refractivity contribution in [2.45, 2.75) is 40.2 Å². The van der Waals surface area contributed by atoms with Crippen molar-refractivity contribution in [2.75, 3.05) is 6.54 Å². The molecule has 0 aliphatic rings. The van der Waals surface area contributed by atoms with Gasteiger partial charge in [-0.15, -0.1) is 6.42 Å². The summed E-state index contributed by atoms with van der Waals surface area (Å²) in [5.41, 5.74) is 2.19. The molecule has 0 bridgehead atoms. The van der Waals surface area contributed by atoms with Crippen LogP contribution < -0.4 is 5.32 Å². The quantitative estimate of drug-likeness (QED) is 0.562. The lowest BCUT2D eigenvalue weighted by Gasteiger charge is -2.23. The summed E-state index contributed by atoms with van der Waals surface area (Å²) in [5, 5.41) is 3.47. The van der Waals surface area contributed by atoms with E-state index in [2.05, 4.69) is 45.5 Å². The zero-order chi connectivity index (χ0) is 13.5. The van der Waals surface area contributed by atoms with Gasteiger partial charge >= 0.3 is 0 Å². The van der Waals surface area contributed by atoms with Crippen molar-refractivity contribution in [3.8, 4) is 12.3 Å². The number of nitrogens with one attached hydrogen (secondary N) is 1. The molecule has 0 amide bonds. The van der Waals surface area contributed by atoms with Crippen molar-refractivity contribution >= 4 is 0 Å². The molecule has 0 aromatic rings. The highest BCUT2D eigenvalue weighted by Gasteiger charge is 2.11. The van der Waals surface area contributed by atoms with Crippen LogP contribution in [0.25, 0.3) is 0 Å². The number of allylic oxidation sites excluding steroid dienone is 4. The maximum absolute atomic E-state index is 5.26. The highest BCUT2D eigenvalue weighted by Crippen LogP contribution is 2.10. The van der Waals surface area contributed by atoms with Gasteiger partial charge in [-0.1, -0.05) is 43.2 Å². The standard InChI is InChI=1S/C16H25N/c1-8-13(2)10-9-11-14(3)15(4)12-17-16(5,6)7/h1,9-11,15,17H,3,12H2,2,4-7H3/b11-9-,13-10+. The second-order valence-electron chi connectivity index (χ2n) is 5.46. The van der Waals surface area contributed by atoms with E-state index in [0.29, 0.717) is 5.92 Å². The topological polar surface area (TPSA) is 12.0 Å². The Morgan fingerprint density at radius 3 is 2.53 bits per heavy atom.